The zero-order chi connectivity index (χ0) is 24.7. The van der Waals surface area contributed by atoms with Gasteiger partial charge >= 0.3 is 12.1 Å². The Bertz CT molecular complexity index is 1310. The third-order valence-corrected chi connectivity index (χ3v) is 6.90. The molecule has 0 radical (unpaired) electrons. The van der Waals surface area contributed by atoms with E-state index in [-0.39, 0.29) is 24.8 Å². The Kier molecular flexibility index (Phi) is 5.89. The summed E-state index contributed by atoms with van der Waals surface area (Å²) in [6.07, 6.45) is 3.54. The summed E-state index contributed by atoms with van der Waals surface area (Å²) in [5.41, 5.74) is 4.15. The number of likely N-dealkylation sites (tertiary alicyclic amines) is 1. The van der Waals surface area contributed by atoms with Crippen LogP contribution in [0.4, 0.5) is 9.18 Å². The molecule has 9 nitrogen and oxygen atoms in total. The van der Waals surface area contributed by atoms with Crippen molar-refractivity contribution in [3.05, 3.63) is 54.1 Å². The molecule has 4 heterocycles. The van der Waals surface area contributed by atoms with Gasteiger partial charge in [-0.05, 0) is 54.3 Å². The van der Waals surface area contributed by atoms with E-state index in [1.807, 2.05) is 12.1 Å². The maximum Gasteiger partial charge on any atom is 0.408 e. The minimum atomic E-state index is -1.20. The second kappa shape index (κ2) is 9.03. The number of carboxylic acid groups (broad SMARTS) is 2. The van der Waals surface area contributed by atoms with Gasteiger partial charge in [-0.2, -0.15) is 0 Å². The number of benzene rings is 1. The summed E-state index contributed by atoms with van der Waals surface area (Å²) in [6.45, 7) is 1.46. The van der Waals surface area contributed by atoms with E-state index in [1.165, 1.54) is 12.1 Å². The Labute approximate surface area is 200 Å². The predicted molar refractivity (Wildman–Crippen MR) is 127 cm³/mol. The minimum absolute atomic E-state index is 0.138. The van der Waals surface area contributed by atoms with Crippen molar-refractivity contribution in [2.24, 2.45) is 0 Å². The standard InChI is InChI=1S/C25H25FN4O5/c1-35-22-3-2-15(26)10-18(22)17-4-7-27-23-19(17)12-20(28-23)14-5-8-29(9-6-14)16-11-21(24(31)32)30(13-16)25(33)34/h2-5,7,10,12,16,21H,6,8-9,11,13H2,1H3,(H,27,28)(H,31,32)(H,33,34)/t16?,21-/m0/s1. The van der Waals surface area contributed by atoms with Crippen LogP contribution >= 0.6 is 0 Å². The number of rotatable bonds is 5. The molecule has 1 aromatic carbocycles. The lowest BCUT2D eigenvalue weighted by Gasteiger charge is -2.31. The number of aliphatic carboxylic acids is 1. The van der Waals surface area contributed by atoms with Crippen molar-refractivity contribution in [2.45, 2.75) is 24.9 Å². The van der Waals surface area contributed by atoms with Gasteiger partial charge in [-0.1, -0.05) is 6.08 Å². The summed E-state index contributed by atoms with van der Waals surface area (Å²) in [5, 5.41) is 19.6. The van der Waals surface area contributed by atoms with E-state index >= 15 is 0 Å². The van der Waals surface area contributed by atoms with Gasteiger partial charge in [-0.25, -0.2) is 19.0 Å². The quantitative estimate of drug-likeness (QED) is 0.510. The fraction of sp³-hybridized carbons (Fsp3) is 0.320. The molecule has 5 rings (SSSR count). The van der Waals surface area contributed by atoms with Crippen molar-refractivity contribution in [3.63, 3.8) is 0 Å². The number of amides is 1. The highest BCUT2D eigenvalue weighted by Crippen LogP contribution is 2.37. The van der Waals surface area contributed by atoms with Crippen LogP contribution in [0.25, 0.3) is 27.7 Å². The summed E-state index contributed by atoms with van der Waals surface area (Å²) in [6, 6.07) is 7.10. The lowest BCUT2D eigenvalue weighted by molar-refractivity contribution is -0.141. The molecule has 2 aromatic heterocycles. The molecular formula is C25H25FN4O5. The number of nitrogens with one attached hydrogen (secondary N) is 1. The Hall–Kier alpha value is -3.92. The van der Waals surface area contributed by atoms with Crippen LogP contribution < -0.4 is 4.74 Å². The molecule has 0 spiro atoms. The molecule has 35 heavy (non-hydrogen) atoms. The maximum atomic E-state index is 14.0. The van der Waals surface area contributed by atoms with Gasteiger partial charge in [-0.3, -0.25) is 9.80 Å². The Morgan fingerprint density at radius 1 is 1.20 bits per heavy atom. The molecule has 2 aliphatic rings. The fourth-order valence-corrected chi connectivity index (χ4v) is 5.11. The monoisotopic (exact) mass is 480 g/mol. The van der Waals surface area contributed by atoms with Crippen LogP contribution in [0, 0.1) is 5.82 Å². The number of aromatic nitrogens is 2. The molecule has 182 valence electrons. The molecule has 1 unspecified atom stereocenters. The Balaban J connectivity index is 1.39. The number of fused-ring (bicyclic) bond motifs is 1. The fourth-order valence-electron chi connectivity index (χ4n) is 5.11. The molecule has 0 aliphatic carbocycles. The van der Waals surface area contributed by atoms with E-state index in [9.17, 15) is 24.2 Å². The molecule has 1 amide bonds. The number of halogens is 1. The molecule has 2 aliphatic heterocycles. The SMILES string of the molecule is COc1ccc(F)cc1-c1ccnc2[nH]c(C3=CCN(C4C[C@@H](C(=O)O)N(C(=O)O)C4)CC3)cc12. The molecule has 1 saturated heterocycles. The number of pyridine rings is 1. The van der Waals surface area contributed by atoms with Gasteiger partial charge in [0.05, 0.1) is 7.11 Å². The zero-order valence-corrected chi connectivity index (χ0v) is 19.1. The number of nitrogens with zero attached hydrogens (tertiary/aromatic N) is 3. The number of H-pyrrole nitrogens is 1. The Morgan fingerprint density at radius 2 is 2.03 bits per heavy atom. The average molecular weight is 480 g/mol. The van der Waals surface area contributed by atoms with Crippen molar-refractivity contribution in [1.82, 2.24) is 19.8 Å². The smallest absolute Gasteiger partial charge is 0.408 e. The van der Waals surface area contributed by atoms with Crippen LogP contribution in [0.1, 0.15) is 18.5 Å². The highest BCUT2D eigenvalue weighted by Gasteiger charge is 2.42. The van der Waals surface area contributed by atoms with Crippen molar-refractivity contribution in [2.75, 3.05) is 26.7 Å². The summed E-state index contributed by atoms with van der Waals surface area (Å²) in [4.78, 5) is 33.9. The number of carboxylic acids is 1. The Morgan fingerprint density at radius 3 is 2.69 bits per heavy atom. The van der Waals surface area contributed by atoms with Crippen LogP contribution in [-0.2, 0) is 4.79 Å². The van der Waals surface area contributed by atoms with E-state index in [4.69, 9.17) is 4.74 Å². The minimum Gasteiger partial charge on any atom is -0.496 e. The van der Waals surface area contributed by atoms with Gasteiger partial charge in [0.1, 0.15) is 23.3 Å². The van der Waals surface area contributed by atoms with Gasteiger partial charge in [0.15, 0.2) is 0 Å². The van der Waals surface area contributed by atoms with E-state index in [0.29, 0.717) is 36.5 Å². The molecule has 0 bridgehead atoms. The molecule has 10 heteroatoms. The topological polar surface area (TPSA) is 119 Å². The van der Waals surface area contributed by atoms with Crippen LogP contribution in [0.2, 0.25) is 0 Å². The normalized spacial score (nSPS) is 20.7. The third kappa shape index (κ3) is 4.21. The van der Waals surface area contributed by atoms with Crippen LogP contribution in [0.3, 0.4) is 0 Å². The van der Waals surface area contributed by atoms with Gasteiger partial charge in [0.25, 0.3) is 0 Å². The van der Waals surface area contributed by atoms with E-state index in [1.54, 1.807) is 19.4 Å². The first-order valence-corrected chi connectivity index (χ1v) is 11.3. The summed E-state index contributed by atoms with van der Waals surface area (Å²) < 4.78 is 19.4. The van der Waals surface area contributed by atoms with Gasteiger partial charge in [-0.15, -0.1) is 0 Å². The first-order chi connectivity index (χ1) is 16.9. The molecule has 3 aromatic rings. The van der Waals surface area contributed by atoms with Crippen molar-refractivity contribution in [1.29, 1.82) is 0 Å². The highest BCUT2D eigenvalue weighted by atomic mass is 19.1. The van der Waals surface area contributed by atoms with E-state index in [0.717, 1.165) is 27.1 Å². The van der Waals surface area contributed by atoms with E-state index in [2.05, 4.69) is 20.9 Å². The van der Waals surface area contributed by atoms with Gasteiger partial charge < -0.3 is 19.9 Å². The molecule has 3 N–H and O–H groups in total. The second-order valence-corrected chi connectivity index (χ2v) is 8.80. The molecular weight excluding hydrogens is 455 g/mol. The van der Waals surface area contributed by atoms with Crippen LogP contribution in [0.5, 0.6) is 5.75 Å². The summed E-state index contributed by atoms with van der Waals surface area (Å²) in [7, 11) is 1.55. The van der Waals surface area contributed by atoms with Gasteiger partial charge in [0.2, 0.25) is 0 Å². The summed E-state index contributed by atoms with van der Waals surface area (Å²) in [5.74, 6) is -0.893. The molecule has 0 saturated carbocycles. The first-order valence-electron chi connectivity index (χ1n) is 11.3. The molecule has 2 atom stereocenters. The predicted octanol–water partition coefficient (Wildman–Crippen LogP) is 3.67. The number of methoxy groups -OCH3 is 1. The lowest BCUT2D eigenvalue weighted by Crippen LogP contribution is -2.41. The van der Waals surface area contributed by atoms with Crippen molar-refractivity contribution in [3.8, 4) is 16.9 Å². The first kappa shape index (κ1) is 22.9. The average Bonchev–Trinajstić information content (AvgIpc) is 3.49. The zero-order valence-electron chi connectivity index (χ0n) is 19.1. The van der Waals surface area contributed by atoms with E-state index < -0.39 is 18.1 Å². The lowest BCUT2D eigenvalue weighted by atomic mass is 10.00. The van der Waals surface area contributed by atoms with Crippen molar-refractivity contribution >= 4 is 28.7 Å². The number of hydrogen-bond acceptors (Lipinski definition) is 5. The number of ether oxygens (including phenoxy) is 1. The van der Waals surface area contributed by atoms with Crippen molar-refractivity contribution < 1.29 is 28.9 Å². The number of aromatic amines is 1. The highest BCUT2D eigenvalue weighted by molar-refractivity contribution is 5.96. The number of hydrogen-bond donors (Lipinski definition) is 3. The van der Waals surface area contributed by atoms with Crippen LogP contribution in [0.15, 0.2) is 42.6 Å². The largest absolute Gasteiger partial charge is 0.496 e. The van der Waals surface area contributed by atoms with Gasteiger partial charge in [0, 0.05) is 48.5 Å². The maximum absolute atomic E-state index is 14.0. The number of carbonyl (C=O) groups is 2. The van der Waals surface area contributed by atoms with Crippen LogP contribution in [-0.4, -0.2) is 80.9 Å². The second-order valence-electron chi connectivity index (χ2n) is 8.80. The third-order valence-electron chi connectivity index (χ3n) is 6.90. The molecule has 1 fully saturated rings. The summed E-state index contributed by atoms with van der Waals surface area (Å²) >= 11 is 0.